The Bertz CT molecular complexity index is 577. The van der Waals surface area contributed by atoms with Gasteiger partial charge in [-0.1, -0.05) is 11.3 Å². The van der Waals surface area contributed by atoms with Crippen LogP contribution in [-0.2, 0) is 0 Å². The summed E-state index contributed by atoms with van der Waals surface area (Å²) in [5, 5.41) is 0.368. The van der Waals surface area contributed by atoms with Crippen molar-refractivity contribution in [3.05, 3.63) is 18.2 Å². The van der Waals surface area contributed by atoms with Crippen molar-refractivity contribution in [1.82, 2.24) is 4.98 Å². The maximum Gasteiger partial charge on any atom is 0.406 e. The number of aromatic nitrogens is 1. The van der Waals surface area contributed by atoms with Crippen molar-refractivity contribution >= 4 is 32.4 Å². The summed E-state index contributed by atoms with van der Waals surface area (Å²) in [6.45, 7) is 2.43. The summed E-state index contributed by atoms with van der Waals surface area (Å²) >= 11 is 1.22. The van der Waals surface area contributed by atoms with Gasteiger partial charge in [-0.2, -0.15) is 13.2 Å². The van der Waals surface area contributed by atoms with Crippen LogP contribution in [0.15, 0.2) is 18.2 Å². The summed E-state index contributed by atoms with van der Waals surface area (Å²) in [6.07, 6.45) is -4.25. The molecule has 0 bridgehead atoms. The topological polar surface area (TPSA) is 42.2 Å². The van der Waals surface area contributed by atoms with Crippen LogP contribution in [0.25, 0.3) is 10.2 Å². The molecule has 3 nitrogen and oxygen atoms in total. The third-order valence-corrected chi connectivity index (χ3v) is 3.68. The molecule has 0 aliphatic carbocycles. The highest BCUT2D eigenvalue weighted by molar-refractivity contribution is 7.22. The van der Waals surface area contributed by atoms with Crippen molar-refractivity contribution in [1.29, 1.82) is 0 Å². The van der Waals surface area contributed by atoms with E-state index in [1.165, 1.54) is 16.2 Å². The number of nitrogen functional groups attached to an aromatic ring is 1. The average molecular weight is 289 g/mol. The van der Waals surface area contributed by atoms with E-state index >= 15 is 0 Å². The van der Waals surface area contributed by atoms with Gasteiger partial charge in [0.1, 0.15) is 6.54 Å². The van der Waals surface area contributed by atoms with E-state index in [1.807, 2.05) is 0 Å². The van der Waals surface area contributed by atoms with Crippen LogP contribution >= 0.6 is 11.3 Å². The summed E-state index contributed by atoms with van der Waals surface area (Å²) in [5.41, 5.74) is 6.90. The minimum Gasteiger partial charge on any atom is -0.399 e. The van der Waals surface area contributed by atoms with Gasteiger partial charge in [0.2, 0.25) is 0 Å². The van der Waals surface area contributed by atoms with Crippen molar-refractivity contribution in [2.75, 3.05) is 17.2 Å². The van der Waals surface area contributed by atoms with Gasteiger partial charge in [-0.15, -0.1) is 0 Å². The van der Waals surface area contributed by atoms with E-state index in [-0.39, 0.29) is 6.04 Å². The molecule has 2 N–H and O–H groups in total. The van der Waals surface area contributed by atoms with Crippen LogP contribution < -0.4 is 10.6 Å². The molecule has 0 aliphatic heterocycles. The minimum absolute atomic E-state index is 0.278. The number of halogens is 3. The number of fused-ring (bicyclic) bond motifs is 1. The van der Waals surface area contributed by atoms with Crippen molar-refractivity contribution in [2.45, 2.75) is 26.1 Å². The molecular formula is C12H14F3N3S. The molecule has 0 fully saturated rings. The average Bonchev–Trinajstić information content (AvgIpc) is 2.66. The highest BCUT2D eigenvalue weighted by Crippen LogP contribution is 2.32. The van der Waals surface area contributed by atoms with E-state index in [0.29, 0.717) is 16.3 Å². The number of anilines is 2. The lowest BCUT2D eigenvalue weighted by Crippen LogP contribution is -2.39. The number of thiazole rings is 1. The summed E-state index contributed by atoms with van der Waals surface area (Å²) < 4.78 is 38.6. The van der Waals surface area contributed by atoms with Gasteiger partial charge in [0.25, 0.3) is 0 Å². The van der Waals surface area contributed by atoms with Crippen LogP contribution in [0.3, 0.4) is 0 Å². The maximum atomic E-state index is 12.6. The van der Waals surface area contributed by atoms with E-state index in [1.54, 1.807) is 32.0 Å². The lowest BCUT2D eigenvalue weighted by atomic mass is 10.3. The number of nitrogens with zero attached hydrogens (tertiary/aromatic N) is 2. The number of hydrogen-bond donors (Lipinski definition) is 1. The second kappa shape index (κ2) is 4.88. The number of hydrogen-bond acceptors (Lipinski definition) is 4. The van der Waals surface area contributed by atoms with Crippen LogP contribution in [0, 0.1) is 0 Å². The van der Waals surface area contributed by atoms with E-state index < -0.39 is 12.7 Å². The summed E-state index contributed by atoms with van der Waals surface area (Å²) in [7, 11) is 0. The maximum absolute atomic E-state index is 12.6. The van der Waals surface area contributed by atoms with Gasteiger partial charge in [-0.3, -0.25) is 0 Å². The predicted molar refractivity (Wildman–Crippen MR) is 72.6 cm³/mol. The fourth-order valence-electron chi connectivity index (χ4n) is 1.72. The quantitative estimate of drug-likeness (QED) is 0.877. The Morgan fingerprint density at radius 3 is 2.63 bits per heavy atom. The van der Waals surface area contributed by atoms with Gasteiger partial charge in [0, 0.05) is 11.7 Å². The molecule has 19 heavy (non-hydrogen) atoms. The molecule has 2 aromatic rings. The van der Waals surface area contributed by atoms with Crippen molar-refractivity contribution in [3.63, 3.8) is 0 Å². The van der Waals surface area contributed by atoms with Crippen molar-refractivity contribution in [2.24, 2.45) is 0 Å². The first-order valence-electron chi connectivity index (χ1n) is 5.76. The first-order valence-corrected chi connectivity index (χ1v) is 6.57. The Morgan fingerprint density at radius 1 is 1.37 bits per heavy atom. The van der Waals surface area contributed by atoms with E-state index in [0.717, 1.165) is 4.70 Å². The standard InChI is InChI=1S/C12H14F3N3S/c1-7(2)18(6-12(13,14)15)11-17-9-4-3-8(16)5-10(9)19-11/h3-5,7H,6,16H2,1-2H3. The Balaban J connectivity index is 2.39. The van der Waals surface area contributed by atoms with E-state index in [4.69, 9.17) is 5.73 Å². The number of rotatable bonds is 3. The number of nitrogens with two attached hydrogens (primary N) is 1. The van der Waals surface area contributed by atoms with Crippen LogP contribution in [0.2, 0.25) is 0 Å². The third-order valence-electron chi connectivity index (χ3n) is 2.62. The molecule has 0 unspecified atom stereocenters. The summed E-state index contributed by atoms with van der Waals surface area (Å²) in [5.74, 6) is 0. The van der Waals surface area contributed by atoms with Crippen LogP contribution in [-0.4, -0.2) is 23.7 Å². The Hall–Kier alpha value is -1.50. The molecule has 0 amide bonds. The molecular weight excluding hydrogens is 275 g/mol. The van der Waals surface area contributed by atoms with Crippen LogP contribution in [0.4, 0.5) is 24.0 Å². The molecule has 0 saturated carbocycles. The fraction of sp³-hybridized carbons (Fsp3) is 0.417. The monoisotopic (exact) mass is 289 g/mol. The molecule has 0 aliphatic rings. The minimum atomic E-state index is -4.25. The van der Waals surface area contributed by atoms with Gasteiger partial charge in [0.05, 0.1) is 10.2 Å². The Labute approximate surface area is 112 Å². The predicted octanol–water partition coefficient (Wildman–Crippen LogP) is 3.66. The largest absolute Gasteiger partial charge is 0.406 e. The highest BCUT2D eigenvalue weighted by Gasteiger charge is 2.33. The number of alkyl halides is 3. The molecule has 0 saturated heterocycles. The SMILES string of the molecule is CC(C)N(CC(F)(F)F)c1nc2ccc(N)cc2s1. The fourth-order valence-corrected chi connectivity index (χ4v) is 2.86. The van der Waals surface area contributed by atoms with E-state index in [2.05, 4.69) is 4.98 Å². The molecule has 0 spiro atoms. The van der Waals surface area contributed by atoms with Crippen LogP contribution in [0.5, 0.6) is 0 Å². The molecule has 0 radical (unpaired) electrons. The van der Waals surface area contributed by atoms with Crippen molar-refractivity contribution < 1.29 is 13.2 Å². The van der Waals surface area contributed by atoms with Crippen LogP contribution in [0.1, 0.15) is 13.8 Å². The molecule has 1 heterocycles. The van der Waals surface area contributed by atoms with Gasteiger partial charge in [-0.25, -0.2) is 4.98 Å². The lowest BCUT2D eigenvalue weighted by Gasteiger charge is -2.26. The Kier molecular flexibility index (Phi) is 3.58. The molecule has 1 aromatic heterocycles. The lowest BCUT2D eigenvalue weighted by molar-refractivity contribution is -0.120. The Morgan fingerprint density at radius 2 is 2.05 bits per heavy atom. The molecule has 7 heteroatoms. The second-order valence-electron chi connectivity index (χ2n) is 4.56. The van der Waals surface area contributed by atoms with Gasteiger partial charge >= 0.3 is 6.18 Å². The highest BCUT2D eigenvalue weighted by atomic mass is 32.1. The van der Waals surface area contributed by atoms with Gasteiger partial charge < -0.3 is 10.6 Å². The van der Waals surface area contributed by atoms with Gasteiger partial charge in [-0.05, 0) is 32.0 Å². The zero-order valence-corrected chi connectivity index (χ0v) is 11.3. The molecule has 2 rings (SSSR count). The smallest absolute Gasteiger partial charge is 0.399 e. The van der Waals surface area contributed by atoms with Gasteiger partial charge in [0.15, 0.2) is 5.13 Å². The zero-order valence-electron chi connectivity index (χ0n) is 10.5. The summed E-state index contributed by atoms with van der Waals surface area (Å²) in [6, 6.07) is 4.86. The van der Waals surface area contributed by atoms with E-state index in [9.17, 15) is 13.2 Å². The molecule has 104 valence electrons. The first kappa shape index (κ1) is 13.9. The molecule has 1 aromatic carbocycles. The number of benzene rings is 1. The second-order valence-corrected chi connectivity index (χ2v) is 5.57. The normalized spacial score (nSPS) is 12.3. The molecule has 0 atom stereocenters. The third kappa shape index (κ3) is 3.28. The summed E-state index contributed by atoms with van der Waals surface area (Å²) in [4.78, 5) is 5.50. The van der Waals surface area contributed by atoms with Crippen molar-refractivity contribution in [3.8, 4) is 0 Å². The first-order chi connectivity index (χ1) is 8.76. The zero-order chi connectivity index (χ0) is 14.2.